The van der Waals surface area contributed by atoms with E-state index in [0.29, 0.717) is 0 Å². The number of rotatable bonds is 3. The Morgan fingerprint density at radius 3 is 2.50 bits per heavy atom. The lowest BCUT2D eigenvalue weighted by molar-refractivity contribution is -0.116. The van der Waals surface area contributed by atoms with E-state index in [2.05, 4.69) is 5.32 Å². The fourth-order valence-electron chi connectivity index (χ4n) is 3.30. The third-order valence-corrected chi connectivity index (χ3v) is 4.47. The van der Waals surface area contributed by atoms with Gasteiger partial charge in [-0.1, -0.05) is 49.6 Å². The molecule has 1 aliphatic rings. The number of guanidine groups is 1. The molecule has 0 aliphatic heterocycles. The standard InChI is InChI=1S/C19H24N4O/c1-15(24)23(19(20)21-17-11-6-3-7-12-17)22-14-8-13-18(22)16-9-4-2-5-10-16/h2,4-5,8-10,13-14,17H,3,6-7,11-12H2,1H3,(H2,20,21). The zero-order valence-electron chi connectivity index (χ0n) is 14.0. The van der Waals surface area contributed by atoms with Gasteiger partial charge in [0.15, 0.2) is 0 Å². The van der Waals surface area contributed by atoms with E-state index in [1.54, 1.807) is 4.68 Å². The molecule has 0 radical (unpaired) electrons. The summed E-state index contributed by atoms with van der Waals surface area (Å²) in [4.78, 5) is 12.2. The fourth-order valence-corrected chi connectivity index (χ4v) is 3.30. The van der Waals surface area contributed by atoms with E-state index in [0.717, 1.165) is 24.1 Å². The van der Waals surface area contributed by atoms with Gasteiger partial charge in [-0.2, -0.15) is 5.01 Å². The van der Waals surface area contributed by atoms with Gasteiger partial charge in [0.05, 0.1) is 5.69 Å². The second-order valence-corrected chi connectivity index (χ2v) is 6.26. The number of nitrogens with one attached hydrogen (secondary N) is 2. The molecule has 1 aromatic carbocycles. The van der Waals surface area contributed by atoms with Gasteiger partial charge in [-0.05, 0) is 25.0 Å². The molecule has 126 valence electrons. The van der Waals surface area contributed by atoms with E-state index in [4.69, 9.17) is 5.41 Å². The van der Waals surface area contributed by atoms with E-state index >= 15 is 0 Å². The Morgan fingerprint density at radius 2 is 1.83 bits per heavy atom. The van der Waals surface area contributed by atoms with Crippen molar-refractivity contribution in [1.82, 2.24) is 9.99 Å². The van der Waals surface area contributed by atoms with E-state index < -0.39 is 0 Å². The SMILES string of the molecule is CC(=O)N(C(=N)NC1CCCCC1)n1cccc1-c1ccccc1. The summed E-state index contributed by atoms with van der Waals surface area (Å²) in [5, 5.41) is 13.1. The molecule has 0 saturated heterocycles. The Hall–Kier alpha value is -2.56. The lowest BCUT2D eigenvalue weighted by atomic mass is 9.96. The molecular weight excluding hydrogens is 300 g/mol. The number of hydrogen-bond acceptors (Lipinski definition) is 2. The Balaban J connectivity index is 1.85. The summed E-state index contributed by atoms with van der Waals surface area (Å²) in [6, 6.07) is 14.0. The van der Waals surface area contributed by atoms with Gasteiger partial charge in [0, 0.05) is 24.7 Å². The van der Waals surface area contributed by atoms with Crippen molar-refractivity contribution in [1.29, 1.82) is 5.41 Å². The first-order valence-electron chi connectivity index (χ1n) is 8.55. The maximum absolute atomic E-state index is 12.2. The molecule has 2 N–H and O–H groups in total. The molecule has 1 aromatic heterocycles. The molecular formula is C19H24N4O. The quantitative estimate of drug-likeness (QED) is 0.670. The van der Waals surface area contributed by atoms with Gasteiger partial charge in [-0.25, -0.2) is 0 Å². The van der Waals surface area contributed by atoms with Crippen LogP contribution in [0.4, 0.5) is 0 Å². The van der Waals surface area contributed by atoms with Crippen LogP contribution >= 0.6 is 0 Å². The molecule has 1 heterocycles. The van der Waals surface area contributed by atoms with Gasteiger partial charge < -0.3 is 5.32 Å². The van der Waals surface area contributed by atoms with Crippen molar-refractivity contribution in [2.24, 2.45) is 0 Å². The molecule has 3 rings (SSSR count). The zero-order chi connectivity index (χ0) is 16.9. The Labute approximate surface area is 142 Å². The summed E-state index contributed by atoms with van der Waals surface area (Å²) < 4.78 is 1.75. The molecule has 1 amide bonds. The largest absolute Gasteiger partial charge is 0.352 e. The third kappa shape index (κ3) is 3.50. The third-order valence-electron chi connectivity index (χ3n) is 4.47. The maximum Gasteiger partial charge on any atom is 0.245 e. The van der Waals surface area contributed by atoms with E-state index in [-0.39, 0.29) is 17.9 Å². The zero-order valence-corrected chi connectivity index (χ0v) is 14.0. The van der Waals surface area contributed by atoms with Crippen molar-refractivity contribution in [2.75, 3.05) is 5.01 Å². The number of benzene rings is 1. The van der Waals surface area contributed by atoms with Crippen LogP contribution in [0.15, 0.2) is 48.7 Å². The van der Waals surface area contributed by atoms with Gasteiger partial charge in [0.25, 0.3) is 0 Å². The Kier molecular flexibility index (Phi) is 4.99. The van der Waals surface area contributed by atoms with Gasteiger partial charge >= 0.3 is 0 Å². The number of nitrogens with zero attached hydrogens (tertiary/aromatic N) is 2. The number of aromatic nitrogens is 1. The number of carbonyl (C=O) groups is 1. The van der Waals surface area contributed by atoms with Crippen molar-refractivity contribution < 1.29 is 4.79 Å². The summed E-state index contributed by atoms with van der Waals surface area (Å²) in [6.07, 6.45) is 7.57. The number of amides is 1. The summed E-state index contributed by atoms with van der Waals surface area (Å²) >= 11 is 0. The highest BCUT2D eigenvalue weighted by Gasteiger charge is 2.22. The minimum atomic E-state index is -0.184. The molecule has 5 nitrogen and oxygen atoms in total. The van der Waals surface area contributed by atoms with Crippen molar-refractivity contribution in [2.45, 2.75) is 45.1 Å². The van der Waals surface area contributed by atoms with E-state index in [9.17, 15) is 4.79 Å². The van der Waals surface area contributed by atoms with Crippen LogP contribution in [-0.2, 0) is 4.79 Å². The average Bonchev–Trinajstić information content (AvgIpc) is 3.05. The topological polar surface area (TPSA) is 61.1 Å². The maximum atomic E-state index is 12.2. The number of hydrogen-bond donors (Lipinski definition) is 2. The molecule has 1 fully saturated rings. The van der Waals surface area contributed by atoms with Crippen LogP contribution in [0.5, 0.6) is 0 Å². The van der Waals surface area contributed by atoms with Crippen molar-refractivity contribution >= 4 is 11.9 Å². The lowest BCUT2D eigenvalue weighted by Gasteiger charge is -2.30. The monoisotopic (exact) mass is 324 g/mol. The first kappa shape index (κ1) is 16.3. The molecule has 1 saturated carbocycles. The van der Waals surface area contributed by atoms with E-state index in [1.807, 2.05) is 48.7 Å². The fraction of sp³-hybridized carbons (Fsp3) is 0.368. The lowest BCUT2D eigenvalue weighted by Crippen LogP contribution is -2.53. The first-order valence-corrected chi connectivity index (χ1v) is 8.55. The molecule has 24 heavy (non-hydrogen) atoms. The average molecular weight is 324 g/mol. The molecule has 1 aliphatic carbocycles. The van der Waals surface area contributed by atoms with Crippen LogP contribution in [0.3, 0.4) is 0 Å². The molecule has 0 spiro atoms. The normalized spacial score (nSPS) is 15.0. The second kappa shape index (κ2) is 7.34. The summed E-state index contributed by atoms with van der Waals surface area (Å²) in [7, 11) is 0. The van der Waals surface area contributed by atoms with Crippen molar-refractivity contribution in [3.8, 4) is 11.3 Å². The highest BCUT2D eigenvalue weighted by Crippen LogP contribution is 2.21. The summed E-state index contributed by atoms with van der Waals surface area (Å²) in [5.41, 5.74) is 1.90. The minimum absolute atomic E-state index is 0.141. The van der Waals surface area contributed by atoms with Crippen LogP contribution in [-0.4, -0.2) is 22.6 Å². The first-order chi connectivity index (χ1) is 11.7. The van der Waals surface area contributed by atoms with Crippen LogP contribution < -0.4 is 10.3 Å². The molecule has 0 bridgehead atoms. The van der Waals surface area contributed by atoms with Gasteiger partial charge in [0.2, 0.25) is 11.9 Å². The van der Waals surface area contributed by atoms with E-state index in [1.165, 1.54) is 31.2 Å². The van der Waals surface area contributed by atoms with Gasteiger partial charge in [0.1, 0.15) is 0 Å². The molecule has 2 aromatic rings. The number of carbonyl (C=O) groups excluding carboxylic acids is 1. The predicted octanol–water partition coefficient (Wildman–Crippen LogP) is 3.50. The minimum Gasteiger partial charge on any atom is -0.352 e. The van der Waals surface area contributed by atoms with Gasteiger partial charge in [-0.3, -0.25) is 14.9 Å². The Morgan fingerprint density at radius 1 is 1.12 bits per heavy atom. The van der Waals surface area contributed by atoms with Crippen molar-refractivity contribution in [3.63, 3.8) is 0 Å². The second-order valence-electron chi connectivity index (χ2n) is 6.26. The van der Waals surface area contributed by atoms with Crippen LogP contribution in [0, 0.1) is 5.41 Å². The Bertz CT molecular complexity index is 701. The van der Waals surface area contributed by atoms with Gasteiger partial charge in [-0.15, -0.1) is 0 Å². The molecule has 0 atom stereocenters. The van der Waals surface area contributed by atoms with Crippen LogP contribution in [0.25, 0.3) is 11.3 Å². The van der Waals surface area contributed by atoms with Crippen molar-refractivity contribution in [3.05, 3.63) is 48.7 Å². The summed E-state index contributed by atoms with van der Waals surface area (Å²) in [5.74, 6) is -0.0422. The predicted molar refractivity (Wildman–Crippen MR) is 96.5 cm³/mol. The summed E-state index contributed by atoms with van der Waals surface area (Å²) in [6.45, 7) is 1.49. The highest BCUT2D eigenvalue weighted by atomic mass is 16.2. The smallest absolute Gasteiger partial charge is 0.245 e. The molecule has 5 heteroatoms. The van der Waals surface area contributed by atoms with Crippen LogP contribution in [0.1, 0.15) is 39.0 Å². The van der Waals surface area contributed by atoms with Crippen LogP contribution in [0.2, 0.25) is 0 Å². The highest BCUT2D eigenvalue weighted by molar-refractivity contribution is 6.08. The molecule has 0 unspecified atom stereocenters.